The van der Waals surface area contributed by atoms with E-state index in [1.807, 2.05) is 65.5 Å². The molecule has 4 rings (SSSR count). The number of aryl methyl sites for hydroxylation is 1. The first-order valence-corrected chi connectivity index (χ1v) is 10.9. The maximum Gasteiger partial charge on any atom is 0.191 e. The summed E-state index contributed by atoms with van der Waals surface area (Å²) in [5, 5.41) is 12.6. The Morgan fingerprint density at radius 3 is 2.42 bits per heavy atom. The molecule has 5 nitrogen and oxygen atoms in total. The number of hydrogen-bond donors (Lipinski definition) is 2. The van der Waals surface area contributed by atoms with Gasteiger partial charge in [0.05, 0.1) is 11.9 Å². The Bertz CT molecular complexity index is 1200. The zero-order valence-electron chi connectivity index (χ0n) is 16.8. The summed E-state index contributed by atoms with van der Waals surface area (Å²) in [5.41, 5.74) is 8.68. The molecule has 0 unspecified atom stereocenters. The summed E-state index contributed by atoms with van der Waals surface area (Å²) in [5.74, 6) is 0. The fraction of sp³-hybridized carbons (Fsp3) is 0.0417. The molecule has 0 amide bonds. The number of rotatable bonds is 5. The molecule has 0 spiro atoms. The second-order valence-electron chi connectivity index (χ2n) is 6.91. The van der Waals surface area contributed by atoms with Gasteiger partial charge in [0.25, 0.3) is 0 Å². The van der Waals surface area contributed by atoms with Crippen molar-refractivity contribution in [2.45, 2.75) is 6.92 Å². The predicted octanol–water partition coefficient (Wildman–Crippen LogP) is 5.93. The second kappa shape index (κ2) is 9.68. The van der Waals surface area contributed by atoms with Crippen LogP contribution in [0.2, 0.25) is 0 Å². The molecular formula is C24H20BrN5S. The topological polar surface area (TPSA) is 54.2 Å². The lowest BCUT2D eigenvalue weighted by Crippen LogP contribution is -2.23. The molecule has 0 fully saturated rings. The summed E-state index contributed by atoms with van der Waals surface area (Å²) >= 11 is 8.80. The molecule has 0 aliphatic carbocycles. The van der Waals surface area contributed by atoms with Crippen LogP contribution in [-0.4, -0.2) is 21.1 Å². The van der Waals surface area contributed by atoms with Crippen molar-refractivity contribution in [2.24, 2.45) is 5.10 Å². The molecule has 3 aromatic carbocycles. The number of halogens is 1. The fourth-order valence-corrected chi connectivity index (χ4v) is 3.42. The van der Waals surface area contributed by atoms with Gasteiger partial charge in [-0.05, 0) is 55.5 Å². The quantitative estimate of drug-likeness (QED) is 0.207. The van der Waals surface area contributed by atoms with Crippen molar-refractivity contribution in [1.29, 1.82) is 0 Å². The zero-order valence-corrected chi connectivity index (χ0v) is 19.2. The lowest BCUT2D eigenvalue weighted by Gasteiger charge is -2.06. The van der Waals surface area contributed by atoms with E-state index in [9.17, 15) is 0 Å². The Morgan fingerprint density at radius 1 is 1.00 bits per heavy atom. The van der Waals surface area contributed by atoms with Crippen LogP contribution in [0.25, 0.3) is 16.9 Å². The van der Waals surface area contributed by atoms with Crippen LogP contribution < -0.4 is 10.7 Å². The number of aromatic nitrogens is 2. The van der Waals surface area contributed by atoms with E-state index in [0.29, 0.717) is 5.11 Å². The van der Waals surface area contributed by atoms with Gasteiger partial charge in [-0.15, -0.1) is 0 Å². The van der Waals surface area contributed by atoms with E-state index in [1.54, 1.807) is 6.21 Å². The number of para-hydroxylation sites is 1. The molecule has 4 aromatic rings. The third kappa shape index (κ3) is 5.45. The molecule has 7 heteroatoms. The maximum atomic E-state index is 5.32. The highest BCUT2D eigenvalue weighted by atomic mass is 79.9. The number of hydrogen-bond acceptors (Lipinski definition) is 3. The van der Waals surface area contributed by atoms with Crippen LogP contribution >= 0.6 is 28.1 Å². The van der Waals surface area contributed by atoms with Gasteiger partial charge in [-0.1, -0.05) is 64.0 Å². The minimum atomic E-state index is 0.416. The number of thiocarbonyl (C=S) groups is 1. The maximum absolute atomic E-state index is 5.32. The highest BCUT2D eigenvalue weighted by Gasteiger charge is 2.11. The van der Waals surface area contributed by atoms with Gasteiger partial charge in [-0.3, -0.25) is 5.43 Å². The van der Waals surface area contributed by atoms with Crippen LogP contribution in [-0.2, 0) is 0 Å². The molecule has 0 radical (unpaired) electrons. The van der Waals surface area contributed by atoms with Gasteiger partial charge in [-0.2, -0.15) is 10.2 Å². The SMILES string of the molecule is Cc1ccc(-c2nn(-c3ccc(Br)cc3)cc2/C=N/NC(=S)Nc2ccccc2)cc1. The highest BCUT2D eigenvalue weighted by Crippen LogP contribution is 2.23. The highest BCUT2D eigenvalue weighted by molar-refractivity contribution is 9.10. The molecule has 0 bridgehead atoms. The largest absolute Gasteiger partial charge is 0.331 e. The first-order valence-electron chi connectivity index (χ1n) is 9.66. The minimum absolute atomic E-state index is 0.416. The first kappa shape index (κ1) is 21.0. The predicted molar refractivity (Wildman–Crippen MR) is 135 cm³/mol. The van der Waals surface area contributed by atoms with Gasteiger partial charge in [0.15, 0.2) is 5.11 Å². The van der Waals surface area contributed by atoms with E-state index in [-0.39, 0.29) is 0 Å². The van der Waals surface area contributed by atoms with Crippen molar-refractivity contribution in [3.05, 3.63) is 101 Å². The number of nitrogens with zero attached hydrogens (tertiary/aromatic N) is 3. The van der Waals surface area contributed by atoms with Crippen LogP contribution in [0.5, 0.6) is 0 Å². The van der Waals surface area contributed by atoms with Crippen LogP contribution in [0, 0.1) is 6.92 Å². The van der Waals surface area contributed by atoms with E-state index < -0.39 is 0 Å². The van der Waals surface area contributed by atoms with Crippen molar-refractivity contribution in [1.82, 2.24) is 15.2 Å². The first-order chi connectivity index (χ1) is 15.1. The molecule has 0 aliphatic rings. The van der Waals surface area contributed by atoms with Crippen molar-refractivity contribution < 1.29 is 0 Å². The fourth-order valence-electron chi connectivity index (χ4n) is 2.98. The van der Waals surface area contributed by atoms with Gasteiger partial charge in [-0.25, -0.2) is 4.68 Å². The van der Waals surface area contributed by atoms with Crippen LogP contribution in [0.1, 0.15) is 11.1 Å². The third-order valence-corrected chi connectivity index (χ3v) is 5.28. The number of anilines is 1. The molecule has 154 valence electrons. The molecule has 0 atom stereocenters. The zero-order chi connectivity index (χ0) is 21.6. The Kier molecular flexibility index (Phi) is 6.54. The van der Waals surface area contributed by atoms with Crippen molar-refractivity contribution in [3.8, 4) is 16.9 Å². The Labute approximate surface area is 194 Å². The summed E-state index contributed by atoms with van der Waals surface area (Å²) in [6.07, 6.45) is 3.69. The van der Waals surface area contributed by atoms with Gasteiger partial charge in [0, 0.05) is 27.5 Å². The van der Waals surface area contributed by atoms with Crippen LogP contribution in [0.15, 0.2) is 94.6 Å². The average Bonchev–Trinajstić information content (AvgIpc) is 3.19. The Balaban J connectivity index is 1.58. The van der Waals surface area contributed by atoms with Gasteiger partial charge < -0.3 is 5.32 Å². The molecule has 2 N–H and O–H groups in total. The molecule has 1 aromatic heterocycles. The normalized spacial score (nSPS) is 10.9. The van der Waals surface area contributed by atoms with E-state index in [1.165, 1.54) is 5.56 Å². The van der Waals surface area contributed by atoms with E-state index in [2.05, 4.69) is 63.0 Å². The van der Waals surface area contributed by atoms with Crippen molar-refractivity contribution in [3.63, 3.8) is 0 Å². The summed E-state index contributed by atoms with van der Waals surface area (Å²) < 4.78 is 2.87. The monoisotopic (exact) mass is 489 g/mol. The number of hydrazone groups is 1. The lowest BCUT2D eigenvalue weighted by atomic mass is 10.1. The molecule has 0 saturated carbocycles. The summed E-state index contributed by atoms with van der Waals surface area (Å²) in [6, 6.07) is 26.0. The van der Waals surface area contributed by atoms with E-state index >= 15 is 0 Å². The van der Waals surface area contributed by atoms with Gasteiger partial charge >= 0.3 is 0 Å². The minimum Gasteiger partial charge on any atom is -0.331 e. The Hall–Kier alpha value is -3.29. The second-order valence-corrected chi connectivity index (χ2v) is 8.23. The van der Waals surface area contributed by atoms with E-state index in [4.69, 9.17) is 17.3 Å². The molecule has 1 heterocycles. The van der Waals surface area contributed by atoms with E-state index in [0.717, 1.165) is 32.7 Å². The number of nitrogens with one attached hydrogen (secondary N) is 2. The van der Waals surface area contributed by atoms with Crippen molar-refractivity contribution in [2.75, 3.05) is 5.32 Å². The lowest BCUT2D eigenvalue weighted by molar-refractivity contribution is 0.884. The Morgan fingerprint density at radius 2 is 1.71 bits per heavy atom. The van der Waals surface area contributed by atoms with Gasteiger partial charge in [0.2, 0.25) is 0 Å². The third-order valence-electron chi connectivity index (χ3n) is 4.56. The smallest absolute Gasteiger partial charge is 0.191 e. The van der Waals surface area contributed by atoms with Crippen LogP contribution in [0.3, 0.4) is 0 Å². The van der Waals surface area contributed by atoms with Crippen molar-refractivity contribution >= 4 is 45.2 Å². The molecule has 31 heavy (non-hydrogen) atoms. The summed E-state index contributed by atoms with van der Waals surface area (Å²) in [7, 11) is 0. The van der Waals surface area contributed by atoms with Crippen LogP contribution in [0.4, 0.5) is 5.69 Å². The number of benzene rings is 3. The average molecular weight is 490 g/mol. The molecule has 0 aliphatic heterocycles. The summed E-state index contributed by atoms with van der Waals surface area (Å²) in [4.78, 5) is 0. The molecule has 0 saturated heterocycles. The van der Waals surface area contributed by atoms with Gasteiger partial charge in [0.1, 0.15) is 5.69 Å². The molecular weight excluding hydrogens is 470 g/mol. The standard InChI is InChI=1S/C24H20BrN5S/c1-17-7-9-18(10-8-17)23-19(16-30(29-23)22-13-11-20(25)12-14-22)15-26-28-24(31)27-21-5-3-2-4-6-21/h2-16H,1H3,(H2,27,28,31)/b26-15+. The summed E-state index contributed by atoms with van der Waals surface area (Å²) in [6.45, 7) is 2.07.